The van der Waals surface area contributed by atoms with Gasteiger partial charge in [0, 0.05) is 6.54 Å². The zero-order chi connectivity index (χ0) is 14.7. The van der Waals surface area contributed by atoms with Crippen LogP contribution >= 0.6 is 0 Å². The summed E-state index contributed by atoms with van der Waals surface area (Å²) in [7, 11) is 0. The molecule has 1 aliphatic rings. The van der Waals surface area contributed by atoms with Gasteiger partial charge in [-0.05, 0) is 25.7 Å². The zero-order valence-electron chi connectivity index (χ0n) is 11.6. The molecular formula is C13H23F3N2O. The summed E-state index contributed by atoms with van der Waals surface area (Å²) in [5.74, 6) is -0.534. The lowest BCUT2D eigenvalue weighted by molar-refractivity contribution is -0.173. The van der Waals surface area contributed by atoms with Crippen LogP contribution in [0.15, 0.2) is 0 Å². The number of hydrogen-bond donors (Lipinski definition) is 2. The van der Waals surface area contributed by atoms with Crippen LogP contribution < -0.4 is 11.1 Å². The lowest BCUT2D eigenvalue weighted by Crippen LogP contribution is -2.55. The van der Waals surface area contributed by atoms with Crippen molar-refractivity contribution < 1.29 is 18.0 Å². The molecule has 6 heteroatoms. The van der Waals surface area contributed by atoms with Gasteiger partial charge in [-0.1, -0.05) is 26.7 Å². The molecule has 112 valence electrons. The molecule has 1 rings (SSSR count). The van der Waals surface area contributed by atoms with Gasteiger partial charge in [0.05, 0.1) is 5.41 Å². The maximum atomic E-state index is 12.9. The fraction of sp³-hybridized carbons (Fsp3) is 0.923. The average molecular weight is 280 g/mol. The number of halogens is 3. The summed E-state index contributed by atoms with van der Waals surface area (Å²) in [6.07, 6.45) is -1.93. The van der Waals surface area contributed by atoms with E-state index in [0.29, 0.717) is 12.8 Å². The molecule has 0 saturated heterocycles. The van der Waals surface area contributed by atoms with E-state index < -0.39 is 23.0 Å². The van der Waals surface area contributed by atoms with Gasteiger partial charge in [-0.25, -0.2) is 0 Å². The Morgan fingerprint density at radius 2 is 1.68 bits per heavy atom. The van der Waals surface area contributed by atoms with Crippen LogP contribution in [0.4, 0.5) is 13.2 Å². The third-order valence-electron chi connectivity index (χ3n) is 3.97. The Kier molecular flexibility index (Phi) is 4.87. The molecule has 0 bridgehead atoms. The summed E-state index contributed by atoms with van der Waals surface area (Å²) in [5, 5.41) is 2.22. The number of alkyl halides is 3. The molecule has 0 unspecified atom stereocenters. The maximum absolute atomic E-state index is 12.9. The Labute approximate surface area is 112 Å². The summed E-state index contributed by atoms with van der Waals surface area (Å²) < 4.78 is 38.6. The van der Waals surface area contributed by atoms with Crippen molar-refractivity contribution in [3.05, 3.63) is 0 Å². The van der Waals surface area contributed by atoms with E-state index in [-0.39, 0.29) is 19.4 Å². The Hall–Kier alpha value is -0.780. The fourth-order valence-corrected chi connectivity index (χ4v) is 2.56. The van der Waals surface area contributed by atoms with E-state index in [1.165, 1.54) is 0 Å². The molecule has 1 amide bonds. The van der Waals surface area contributed by atoms with Crippen LogP contribution in [0, 0.1) is 5.41 Å². The van der Waals surface area contributed by atoms with Gasteiger partial charge in [-0.2, -0.15) is 13.2 Å². The molecule has 1 fully saturated rings. The lowest BCUT2D eigenvalue weighted by Gasteiger charge is -2.33. The van der Waals surface area contributed by atoms with E-state index in [2.05, 4.69) is 5.32 Å². The fourth-order valence-electron chi connectivity index (χ4n) is 2.56. The van der Waals surface area contributed by atoms with E-state index in [1.54, 1.807) is 0 Å². The van der Waals surface area contributed by atoms with E-state index in [4.69, 9.17) is 5.73 Å². The molecule has 0 aromatic carbocycles. The molecule has 3 nitrogen and oxygen atoms in total. The first-order chi connectivity index (χ1) is 8.77. The van der Waals surface area contributed by atoms with Gasteiger partial charge in [0.15, 0.2) is 0 Å². The summed E-state index contributed by atoms with van der Waals surface area (Å²) in [6.45, 7) is 3.91. The van der Waals surface area contributed by atoms with Crippen LogP contribution in [-0.2, 0) is 4.79 Å². The van der Waals surface area contributed by atoms with Crippen LogP contribution in [0.1, 0.15) is 52.4 Å². The Bertz CT molecular complexity index is 318. The molecule has 0 aliphatic heterocycles. The van der Waals surface area contributed by atoms with Crippen LogP contribution in [0.2, 0.25) is 0 Å². The first-order valence-electron chi connectivity index (χ1n) is 6.86. The van der Waals surface area contributed by atoms with Crippen LogP contribution in [-0.4, -0.2) is 24.2 Å². The molecule has 19 heavy (non-hydrogen) atoms. The van der Waals surface area contributed by atoms with Crippen LogP contribution in [0.25, 0.3) is 0 Å². The van der Waals surface area contributed by atoms with Crippen LogP contribution in [0.3, 0.4) is 0 Å². The molecule has 0 spiro atoms. The Balaban J connectivity index is 2.84. The lowest BCUT2D eigenvalue weighted by atomic mass is 9.78. The second-order valence-corrected chi connectivity index (χ2v) is 5.52. The molecule has 0 aromatic rings. The zero-order valence-corrected chi connectivity index (χ0v) is 11.6. The predicted octanol–water partition coefficient (Wildman–Crippen LogP) is 2.74. The minimum absolute atomic E-state index is 0.0266. The van der Waals surface area contributed by atoms with Crippen molar-refractivity contribution in [1.82, 2.24) is 5.32 Å². The van der Waals surface area contributed by atoms with Gasteiger partial charge in [-0.3, -0.25) is 4.79 Å². The minimum atomic E-state index is -4.37. The molecule has 3 N–H and O–H groups in total. The van der Waals surface area contributed by atoms with Gasteiger partial charge in [0.2, 0.25) is 5.91 Å². The number of nitrogens with two attached hydrogens (primary N) is 1. The highest BCUT2D eigenvalue weighted by Crippen LogP contribution is 2.49. The highest BCUT2D eigenvalue weighted by molar-refractivity contribution is 5.84. The second kappa shape index (κ2) is 5.69. The number of rotatable bonds is 7. The largest absolute Gasteiger partial charge is 0.411 e. The first kappa shape index (κ1) is 16.3. The van der Waals surface area contributed by atoms with Crippen LogP contribution in [0.5, 0.6) is 0 Å². The monoisotopic (exact) mass is 280 g/mol. The number of carbonyl (C=O) groups is 1. The van der Waals surface area contributed by atoms with Gasteiger partial charge in [-0.15, -0.1) is 0 Å². The molecule has 1 aliphatic carbocycles. The number of amides is 1. The topological polar surface area (TPSA) is 55.1 Å². The van der Waals surface area contributed by atoms with Crippen molar-refractivity contribution in [3.63, 3.8) is 0 Å². The highest BCUT2D eigenvalue weighted by atomic mass is 19.4. The van der Waals surface area contributed by atoms with E-state index in [0.717, 1.165) is 12.8 Å². The summed E-state index contributed by atoms with van der Waals surface area (Å²) in [4.78, 5) is 12.3. The Morgan fingerprint density at radius 3 is 1.95 bits per heavy atom. The van der Waals surface area contributed by atoms with E-state index >= 15 is 0 Å². The van der Waals surface area contributed by atoms with Crippen molar-refractivity contribution in [2.45, 2.75) is 64.1 Å². The summed E-state index contributed by atoms with van der Waals surface area (Å²) >= 11 is 0. The SMILES string of the molecule is CCCC(CN)(CCC)C(=O)NC1(C(F)(F)F)CC1. The smallest absolute Gasteiger partial charge is 0.341 e. The van der Waals surface area contributed by atoms with Gasteiger partial charge in [0.25, 0.3) is 0 Å². The third kappa shape index (κ3) is 3.22. The van der Waals surface area contributed by atoms with Gasteiger partial charge >= 0.3 is 6.18 Å². The molecule has 0 radical (unpaired) electrons. The summed E-state index contributed by atoms with van der Waals surface area (Å²) in [6, 6.07) is 0. The van der Waals surface area contributed by atoms with Gasteiger partial charge in [0.1, 0.15) is 5.54 Å². The van der Waals surface area contributed by atoms with Crippen molar-refractivity contribution in [2.24, 2.45) is 11.1 Å². The first-order valence-corrected chi connectivity index (χ1v) is 6.86. The molecule has 0 heterocycles. The normalized spacial score (nSPS) is 18.2. The molecule has 0 atom stereocenters. The minimum Gasteiger partial charge on any atom is -0.341 e. The highest BCUT2D eigenvalue weighted by Gasteiger charge is 2.65. The standard InChI is InChI=1S/C13H23F3N2O/c1-3-5-11(9-17,6-4-2)10(19)18-12(7-8-12)13(14,15)16/h3-9,17H2,1-2H3,(H,18,19). The molecular weight excluding hydrogens is 257 g/mol. The quantitative estimate of drug-likeness (QED) is 0.753. The number of nitrogens with one attached hydrogen (secondary N) is 1. The predicted molar refractivity (Wildman–Crippen MR) is 67.5 cm³/mol. The summed E-state index contributed by atoms with van der Waals surface area (Å²) in [5.41, 5.74) is 2.84. The third-order valence-corrected chi connectivity index (χ3v) is 3.97. The van der Waals surface area contributed by atoms with E-state index in [1.807, 2.05) is 13.8 Å². The second-order valence-electron chi connectivity index (χ2n) is 5.52. The maximum Gasteiger partial charge on any atom is 0.411 e. The van der Waals surface area contributed by atoms with E-state index in [9.17, 15) is 18.0 Å². The van der Waals surface area contributed by atoms with Crippen molar-refractivity contribution in [1.29, 1.82) is 0 Å². The van der Waals surface area contributed by atoms with Crippen molar-refractivity contribution >= 4 is 5.91 Å². The number of carbonyl (C=O) groups excluding carboxylic acids is 1. The van der Waals surface area contributed by atoms with Gasteiger partial charge < -0.3 is 11.1 Å². The van der Waals surface area contributed by atoms with Crippen molar-refractivity contribution in [3.8, 4) is 0 Å². The number of hydrogen-bond acceptors (Lipinski definition) is 2. The molecule has 0 aromatic heterocycles. The Morgan fingerprint density at radius 1 is 1.21 bits per heavy atom. The molecule has 1 saturated carbocycles. The van der Waals surface area contributed by atoms with Crippen molar-refractivity contribution in [2.75, 3.05) is 6.54 Å². The average Bonchev–Trinajstić information content (AvgIpc) is 3.08.